The van der Waals surface area contributed by atoms with Gasteiger partial charge in [-0.3, -0.25) is 4.90 Å². The maximum absolute atomic E-state index is 5.89. The zero-order valence-electron chi connectivity index (χ0n) is 17.5. The highest BCUT2D eigenvalue weighted by Crippen LogP contribution is 2.19. The molecule has 1 saturated heterocycles. The SMILES string of the molecule is CCNC(=NCc1cc2ccccc2o1)NC1CCN(Cc2ccccc2)CC1.I. The number of piperidine rings is 1. The molecule has 4 rings (SSSR count). The molecule has 0 atom stereocenters. The molecule has 0 bridgehead atoms. The number of guanidine groups is 1. The van der Waals surface area contributed by atoms with Crippen LogP contribution < -0.4 is 10.6 Å². The van der Waals surface area contributed by atoms with Gasteiger partial charge >= 0.3 is 0 Å². The first-order chi connectivity index (χ1) is 14.3. The van der Waals surface area contributed by atoms with Gasteiger partial charge in [-0.1, -0.05) is 48.5 Å². The number of hydrogen-bond donors (Lipinski definition) is 2. The van der Waals surface area contributed by atoms with E-state index in [1.54, 1.807) is 0 Å². The zero-order valence-corrected chi connectivity index (χ0v) is 19.8. The summed E-state index contributed by atoms with van der Waals surface area (Å²) in [6.45, 7) is 6.73. The Morgan fingerprint density at radius 1 is 1.07 bits per heavy atom. The van der Waals surface area contributed by atoms with Crippen LogP contribution in [-0.4, -0.2) is 36.5 Å². The van der Waals surface area contributed by atoms with E-state index in [1.807, 2.05) is 18.2 Å². The van der Waals surface area contributed by atoms with Crippen LogP contribution >= 0.6 is 24.0 Å². The van der Waals surface area contributed by atoms with Crippen LogP contribution in [0, 0.1) is 0 Å². The molecule has 1 aliphatic heterocycles. The van der Waals surface area contributed by atoms with Crippen molar-refractivity contribution in [3.05, 3.63) is 72.0 Å². The van der Waals surface area contributed by atoms with Crippen molar-refractivity contribution in [3.63, 3.8) is 0 Å². The monoisotopic (exact) mass is 518 g/mol. The van der Waals surface area contributed by atoms with Crippen molar-refractivity contribution in [1.82, 2.24) is 15.5 Å². The molecule has 2 N–H and O–H groups in total. The number of nitrogens with zero attached hydrogens (tertiary/aromatic N) is 2. The normalized spacial score (nSPS) is 15.7. The minimum atomic E-state index is 0. The van der Waals surface area contributed by atoms with Crippen LogP contribution in [0.25, 0.3) is 11.0 Å². The Kier molecular flexibility index (Phi) is 8.57. The summed E-state index contributed by atoms with van der Waals surface area (Å²) < 4.78 is 5.89. The van der Waals surface area contributed by atoms with Crippen LogP contribution in [0.3, 0.4) is 0 Å². The Labute approximate surface area is 196 Å². The minimum absolute atomic E-state index is 0. The summed E-state index contributed by atoms with van der Waals surface area (Å²) in [5.41, 5.74) is 2.31. The van der Waals surface area contributed by atoms with Crippen molar-refractivity contribution < 1.29 is 4.42 Å². The van der Waals surface area contributed by atoms with Gasteiger partial charge in [0.05, 0.1) is 0 Å². The fourth-order valence-electron chi connectivity index (χ4n) is 3.86. The van der Waals surface area contributed by atoms with Crippen LogP contribution in [0.1, 0.15) is 31.1 Å². The molecule has 2 heterocycles. The number of benzene rings is 2. The second-order valence-corrected chi connectivity index (χ2v) is 7.63. The van der Waals surface area contributed by atoms with Crippen molar-refractivity contribution in [2.45, 2.75) is 38.9 Å². The third kappa shape index (κ3) is 6.22. The number of rotatable bonds is 6. The lowest BCUT2D eigenvalue weighted by Crippen LogP contribution is -2.48. The number of nitrogens with one attached hydrogen (secondary N) is 2. The smallest absolute Gasteiger partial charge is 0.191 e. The molecule has 0 spiro atoms. The Balaban J connectivity index is 0.00000256. The Bertz CT molecular complexity index is 900. The van der Waals surface area contributed by atoms with Gasteiger partial charge in [-0.15, -0.1) is 24.0 Å². The molecule has 0 saturated carbocycles. The molecule has 5 nitrogen and oxygen atoms in total. The second-order valence-electron chi connectivity index (χ2n) is 7.63. The molecule has 0 aliphatic carbocycles. The molecular weight excluding hydrogens is 487 g/mol. The van der Waals surface area contributed by atoms with Crippen LogP contribution in [-0.2, 0) is 13.1 Å². The summed E-state index contributed by atoms with van der Waals surface area (Å²) in [6, 6.07) is 21.3. The van der Waals surface area contributed by atoms with Crippen molar-refractivity contribution in [3.8, 4) is 0 Å². The molecule has 1 aliphatic rings. The number of para-hydroxylation sites is 1. The fourth-order valence-corrected chi connectivity index (χ4v) is 3.86. The highest BCUT2D eigenvalue weighted by molar-refractivity contribution is 14.0. The highest BCUT2D eigenvalue weighted by Gasteiger charge is 2.20. The molecule has 30 heavy (non-hydrogen) atoms. The number of likely N-dealkylation sites (tertiary alicyclic amines) is 1. The van der Waals surface area contributed by atoms with Gasteiger partial charge < -0.3 is 15.1 Å². The van der Waals surface area contributed by atoms with Gasteiger partial charge in [-0.25, -0.2) is 4.99 Å². The van der Waals surface area contributed by atoms with Gasteiger partial charge in [-0.2, -0.15) is 0 Å². The predicted molar refractivity (Wildman–Crippen MR) is 134 cm³/mol. The Hall–Kier alpha value is -2.06. The van der Waals surface area contributed by atoms with E-state index < -0.39 is 0 Å². The first kappa shape index (κ1) is 22.6. The second kappa shape index (κ2) is 11.4. The molecule has 160 valence electrons. The number of fused-ring (bicyclic) bond motifs is 1. The lowest BCUT2D eigenvalue weighted by molar-refractivity contribution is 0.198. The molecule has 6 heteroatoms. The molecule has 1 fully saturated rings. The quantitative estimate of drug-likeness (QED) is 0.281. The number of halogens is 1. The van der Waals surface area contributed by atoms with E-state index >= 15 is 0 Å². The van der Waals surface area contributed by atoms with E-state index in [0.717, 1.165) is 61.7 Å². The van der Waals surface area contributed by atoms with Crippen molar-refractivity contribution in [2.24, 2.45) is 4.99 Å². The highest BCUT2D eigenvalue weighted by atomic mass is 127. The minimum Gasteiger partial charge on any atom is -0.459 e. The first-order valence-corrected chi connectivity index (χ1v) is 10.6. The topological polar surface area (TPSA) is 52.8 Å². The molecule has 0 radical (unpaired) electrons. The molecule has 0 unspecified atom stereocenters. The van der Waals surface area contributed by atoms with E-state index in [4.69, 9.17) is 9.41 Å². The third-order valence-corrected chi connectivity index (χ3v) is 5.39. The lowest BCUT2D eigenvalue weighted by atomic mass is 10.0. The Morgan fingerprint density at radius 2 is 1.80 bits per heavy atom. The van der Waals surface area contributed by atoms with E-state index in [9.17, 15) is 0 Å². The van der Waals surface area contributed by atoms with Gasteiger partial charge in [0.25, 0.3) is 0 Å². The summed E-state index contributed by atoms with van der Waals surface area (Å²) in [5, 5.41) is 8.11. The summed E-state index contributed by atoms with van der Waals surface area (Å²) in [4.78, 5) is 7.28. The average Bonchev–Trinajstić information content (AvgIpc) is 3.17. The van der Waals surface area contributed by atoms with Crippen molar-refractivity contribution in [2.75, 3.05) is 19.6 Å². The van der Waals surface area contributed by atoms with Crippen LogP contribution in [0.2, 0.25) is 0 Å². The van der Waals surface area contributed by atoms with Gasteiger partial charge in [0.2, 0.25) is 0 Å². The van der Waals surface area contributed by atoms with Crippen molar-refractivity contribution in [1.29, 1.82) is 0 Å². The van der Waals surface area contributed by atoms with E-state index in [1.165, 1.54) is 5.56 Å². The number of furan rings is 1. The maximum Gasteiger partial charge on any atom is 0.191 e. The predicted octanol–water partition coefficient (Wildman–Crippen LogP) is 4.77. The largest absolute Gasteiger partial charge is 0.459 e. The molecular formula is C24H31IN4O. The van der Waals surface area contributed by atoms with E-state index in [-0.39, 0.29) is 24.0 Å². The van der Waals surface area contributed by atoms with Gasteiger partial charge in [-0.05, 0) is 37.5 Å². The van der Waals surface area contributed by atoms with Gasteiger partial charge in [0, 0.05) is 37.6 Å². The van der Waals surface area contributed by atoms with E-state index in [0.29, 0.717) is 12.6 Å². The summed E-state index contributed by atoms with van der Waals surface area (Å²) in [6.07, 6.45) is 2.25. The van der Waals surface area contributed by atoms with Crippen LogP contribution in [0.4, 0.5) is 0 Å². The van der Waals surface area contributed by atoms with E-state index in [2.05, 4.69) is 64.9 Å². The van der Waals surface area contributed by atoms with Gasteiger partial charge in [0.1, 0.15) is 17.9 Å². The zero-order chi connectivity index (χ0) is 19.9. The number of aliphatic imine (C=N–C) groups is 1. The fraction of sp³-hybridized carbons (Fsp3) is 0.375. The third-order valence-electron chi connectivity index (χ3n) is 5.39. The molecule has 1 aromatic heterocycles. The summed E-state index contributed by atoms with van der Waals surface area (Å²) in [7, 11) is 0. The standard InChI is InChI=1S/C24H30N4O.HI/c1-2-25-24(26-17-22-16-20-10-6-7-11-23(20)29-22)27-21-12-14-28(15-13-21)18-19-8-4-3-5-9-19;/h3-11,16,21H,2,12-15,17-18H2,1H3,(H2,25,26,27);1H. The molecule has 3 aromatic rings. The summed E-state index contributed by atoms with van der Waals surface area (Å²) >= 11 is 0. The Morgan fingerprint density at radius 3 is 2.53 bits per heavy atom. The molecule has 0 amide bonds. The lowest BCUT2D eigenvalue weighted by Gasteiger charge is -2.33. The van der Waals surface area contributed by atoms with Crippen LogP contribution in [0.5, 0.6) is 0 Å². The summed E-state index contributed by atoms with van der Waals surface area (Å²) in [5.74, 6) is 1.76. The first-order valence-electron chi connectivity index (χ1n) is 10.6. The van der Waals surface area contributed by atoms with Crippen molar-refractivity contribution >= 4 is 40.9 Å². The van der Waals surface area contributed by atoms with Gasteiger partial charge in [0.15, 0.2) is 5.96 Å². The number of hydrogen-bond acceptors (Lipinski definition) is 3. The molecule has 2 aromatic carbocycles. The average molecular weight is 518 g/mol. The maximum atomic E-state index is 5.89. The van der Waals surface area contributed by atoms with Crippen LogP contribution in [0.15, 0.2) is 70.1 Å².